The van der Waals surface area contributed by atoms with Gasteiger partial charge in [-0.05, 0) is 30.7 Å². The van der Waals surface area contributed by atoms with Crippen molar-refractivity contribution in [3.05, 3.63) is 77.1 Å². The third kappa shape index (κ3) is 4.08. The molecule has 0 aliphatic heterocycles. The number of aromatic nitrogens is 3. The highest BCUT2D eigenvalue weighted by Gasteiger charge is 2.30. The van der Waals surface area contributed by atoms with Crippen LogP contribution in [0.1, 0.15) is 27.2 Å². The number of carbonyl (C=O) groups excluding carboxylic acids is 1. The SMILES string of the molecule is Cc1cccc(CNC(=O)c2cn(-c3cccc(C(F)(F)F)c3)nn2)c1. The summed E-state index contributed by atoms with van der Waals surface area (Å²) in [6.45, 7) is 2.27. The van der Waals surface area contributed by atoms with Gasteiger partial charge in [0, 0.05) is 6.54 Å². The summed E-state index contributed by atoms with van der Waals surface area (Å²) in [5.41, 5.74) is 1.41. The largest absolute Gasteiger partial charge is 0.416 e. The van der Waals surface area contributed by atoms with Gasteiger partial charge in [0.25, 0.3) is 5.91 Å². The van der Waals surface area contributed by atoms with Crippen molar-refractivity contribution in [3.63, 3.8) is 0 Å². The molecule has 2 aromatic carbocycles. The summed E-state index contributed by atoms with van der Waals surface area (Å²) in [6.07, 6.45) is -3.16. The number of aryl methyl sites for hydroxylation is 1. The Balaban J connectivity index is 1.72. The molecule has 0 fully saturated rings. The fourth-order valence-electron chi connectivity index (χ4n) is 2.41. The van der Waals surface area contributed by atoms with Gasteiger partial charge in [0.15, 0.2) is 5.69 Å². The summed E-state index contributed by atoms with van der Waals surface area (Å²) in [5.74, 6) is -0.454. The number of alkyl halides is 3. The summed E-state index contributed by atoms with van der Waals surface area (Å²) < 4.78 is 39.5. The first-order valence-corrected chi connectivity index (χ1v) is 7.76. The molecule has 0 aliphatic rings. The minimum Gasteiger partial charge on any atom is -0.347 e. The quantitative estimate of drug-likeness (QED) is 0.774. The monoisotopic (exact) mass is 360 g/mol. The van der Waals surface area contributed by atoms with Crippen LogP contribution >= 0.6 is 0 Å². The predicted octanol–water partition coefficient (Wildman–Crippen LogP) is 3.52. The highest BCUT2D eigenvalue weighted by molar-refractivity contribution is 5.91. The molecule has 1 aromatic heterocycles. The van der Waals surface area contributed by atoms with Crippen LogP contribution in [-0.4, -0.2) is 20.9 Å². The Kier molecular flexibility index (Phi) is 4.75. The molecule has 0 saturated carbocycles. The molecule has 0 bridgehead atoms. The van der Waals surface area contributed by atoms with Crippen molar-refractivity contribution >= 4 is 5.91 Å². The number of hydrogen-bond donors (Lipinski definition) is 1. The highest BCUT2D eigenvalue weighted by Crippen LogP contribution is 2.30. The lowest BCUT2D eigenvalue weighted by Crippen LogP contribution is -2.23. The Labute approximate surface area is 147 Å². The van der Waals surface area contributed by atoms with Crippen molar-refractivity contribution in [2.45, 2.75) is 19.6 Å². The van der Waals surface area contributed by atoms with Crippen LogP contribution in [-0.2, 0) is 12.7 Å². The van der Waals surface area contributed by atoms with Crippen molar-refractivity contribution < 1.29 is 18.0 Å². The fourth-order valence-corrected chi connectivity index (χ4v) is 2.41. The maximum atomic E-state index is 12.8. The number of rotatable bonds is 4. The van der Waals surface area contributed by atoms with Gasteiger partial charge >= 0.3 is 6.18 Å². The summed E-state index contributed by atoms with van der Waals surface area (Å²) in [5, 5.41) is 10.2. The van der Waals surface area contributed by atoms with Crippen LogP contribution in [0.25, 0.3) is 5.69 Å². The lowest BCUT2D eigenvalue weighted by Gasteiger charge is -2.08. The number of nitrogens with zero attached hydrogens (tertiary/aromatic N) is 3. The first-order chi connectivity index (χ1) is 12.3. The number of nitrogens with one attached hydrogen (secondary N) is 1. The van der Waals surface area contributed by atoms with Gasteiger partial charge in [0.1, 0.15) is 0 Å². The van der Waals surface area contributed by atoms with Crippen LogP contribution in [0, 0.1) is 6.92 Å². The topological polar surface area (TPSA) is 59.8 Å². The van der Waals surface area contributed by atoms with E-state index in [-0.39, 0.29) is 11.4 Å². The maximum Gasteiger partial charge on any atom is 0.416 e. The van der Waals surface area contributed by atoms with Crippen LogP contribution < -0.4 is 5.32 Å². The molecular formula is C18H15F3N4O. The molecule has 0 atom stereocenters. The van der Waals surface area contributed by atoms with E-state index in [1.165, 1.54) is 18.3 Å². The highest BCUT2D eigenvalue weighted by atomic mass is 19.4. The number of halogens is 3. The average molecular weight is 360 g/mol. The van der Waals surface area contributed by atoms with Gasteiger partial charge < -0.3 is 5.32 Å². The van der Waals surface area contributed by atoms with Gasteiger partial charge in [0.05, 0.1) is 17.4 Å². The molecule has 3 rings (SSSR count). The lowest BCUT2D eigenvalue weighted by atomic mass is 10.1. The molecule has 3 aromatic rings. The smallest absolute Gasteiger partial charge is 0.347 e. The van der Waals surface area contributed by atoms with E-state index in [9.17, 15) is 18.0 Å². The van der Waals surface area contributed by atoms with E-state index in [1.807, 2.05) is 31.2 Å². The van der Waals surface area contributed by atoms with Gasteiger partial charge in [-0.25, -0.2) is 4.68 Å². The molecule has 0 aliphatic carbocycles. The van der Waals surface area contributed by atoms with Crippen molar-refractivity contribution in [1.82, 2.24) is 20.3 Å². The van der Waals surface area contributed by atoms with E-state index in [1.54, 1.807) is 0 Å². The Hall–Kier alpha value is -3.16. The van der Waals surface area contributed by atoms with Crippen LogP contribution in [0.15, 0.2) is 54.7 Å². The van der Waals surface area contributed by atoms with Crippen LogP contribution in [0.4, 0.5) is 13.2 Å². The van der Waals surface area contributed by atoms with E-state index in [2.05, 4.69) is 15.6 Å². The molecule has 5 nitrogen and oxygen atoms in total. The Morgan fingerprint density at radius 1 is 1.15 bits per heavy atom. The molecule has 0 radical (unpaired) electrons. The second kappa shape index (κ2) is 6.99. The van der Waals surface area contributed by atoms with Gasteiger partial charge in [-0.3, -0.25) is 4.79 Å². The first kappa shape index (κ1) is 17.7. The second-order valence-electron chi connectivity index (χ2n) is 5.77. The Morgan fingerprint density at radius 3 is 2.65 bits per heavy atom. The van der Waals surface area contributed by atoms with Gasteiger partial charge in [-0.1, -0.05) is 41.1 Å². The summed E-state index contributed by atoms with van der Waals surface area (Å²) in [6, 6.07) is 12.3. The minimum atomic E-state index is -4.45. The molecule has 1 heterocycles. The summed E-state index contributed by atoms with van der Waals surface area (Å²) >= 11 is 0. The fraction of sp³-hybridized carbons (Fsp3) is 0.167. The van der Waals surface area contributed by atoms with E-state index in [0.29, 0.717) is 6.54 Å². The van der Waals surface area contributed by atoms with Gasteiger partial charge in [-0.2, -0.15) is 13.2 Å². The predicted molar refractivity (Wildman–Crippen MR) is 88.7 cm³/mol. The van der Waals surface area contributed by atoms with Crippen molar-refractivity contribution in [3.8, 4) is 5.69 Å². The molecule has 0 unspecified atom stereocenters. The molecule has 1 amide bonds. The summed E-state index contributed by atoms with van der Waals surface area (Å²) in [7, 11) is 0. The van der Waals surface area contributed by atoms with Crippen molar-refractivity contribution in [1.29, 1.82) is 0 Å². The first-order valence-electron chi connectivity index (χ1n) is 7.76. The van der Waals surface area contributed by atoms with Gasteiger partial charge in [0.2, 0.25) is 0 Å². The Morgan fingerprint density at radius 2 is 1.92 bits per heavy atom. The zero-order valence-electron chi connectivity index (χ0n) is 13.8. The molecular weight excluding hydrogens is 345 g/mol. The molecule has 0 saturated heterocycles. The second-order valence-corrected chi connectivity index (χ2v) is 5.77. The molecule has 1 N–H and O–H groups in total. The molecule has 26 heavy (non-hydrogen) atoms. The number of benzene rings is 2. The van der Waals surface area contributed by atoms with E-state index < -0.39 is 17.6 Å². The van der Waals surface area contributed by atoms with E-state index >= 15 is 0 Å². The molecule has 8 heteroatoms. The van der Waals surface area contributed by atoms with E-state index in [0.717, 1.165) is 27.9 Å². The number of hydrogen-bond acceptors (Lipinski definition) is 3. The minimum absolute atomic E-state index is 0.0232. The third-order valence-corrected chi connectivity index (χ3v) is 3.70. The number of carbonyl (C=O) groups is 1. The van der Waals surface area contributed by atoms with E-state index in [4.69, 9.17) is 0 Å². The van der Waals surface area contributed by atoms with Crippen LogP contribution in [0.2, 0.25) is 0 Å². The zero-order valence-corrected chi connectivity index (χ0v) is 13.8. The third-order valence-electron chi connectivity index (χ3n) is 3.70. The molecule has 134 valence electrons. The average Bonchev–Trinajstić information content (AvgIpc) is 3.09. The van der Waals surface area contributed by atoms with Crippen molar-refractivity contribution in [2.75, 3.05) is 0 Å². The summed E-state index contributed by atoms with van der Waals surface area (Å²) in [4.78, 5) is 12.2. The standard InChI is InChI=1S/C18H15F3N4O/c1-12-4-2-5-13(8-12)10-22-17(26)16-11-25(24-23-16)15-7-3-6-14(9-15)18(19,20)21/h2-9,11H,10H2,1H3,(H,22,26). The Bertz CT molecular complexity index is 934. The molecule has 0 spiro atoms. The van der Waals surface area contributed by atoms with Crippen LogP contribution in [0.5, 0.6) is 0 Å². The normalized spacial score (nSPS) is 11.4. The maximum absolute atomic E-state index is 12.8. The number of amides is 1. The zero-order chi connectivity index (χ0) is 18.7. The van der Waals surface area contributed by atoms with Crippen molar-refractivity contribution in [2.24, 2.45) is 0 Å². The van der Waals surface area contributed by atoms with Gasteiger partial charge in [-0.15, -0.1) is 5.10 Å². The van der Waals surface area contributed by atoms with Crippen LogP contribution in [0.3, 0.4) is 0 Å². The lowest BCUT2D eigenvalue weighted by molar-refractivity contribution is -0.137.